The third-order valence-corrected chi connectivity index (χ3v) is 3.87. The number of likely N-dealkylation sites (tertiary alicyclic amines) is 1. The first-order chi connectivity index (χ1) is 8.77. The summed E-state index contributed by atoms with van der Waals surface area (Å²) in [5, 5.41) is 0. The highest BCUT2D eigenvalue weighted by Gasteiger charge is 2.17. The molecule has 0 spiro atoms. The third kappa shape index (κ3) is 5.43. The van der Waals surface area contributed by atoms with E-state index in [1.54, 1.807) is 0 Å². The van der Waals surface area contributed by atoms with Crippen molar-refractivity contribution in [3.63, 3.8) is 0 Å². The summed E-state index contributed by atoms with van der Waals surface area (Å²) in [6, 6.07) is 0.456. The molecule has 0 aromatic carbocycles. The zero-order valence-corrected chi connectivity index (χ0v) is 14.2. The molecule has 112 valence electrons. The zero-order chi connectivity index (χ0) is 12.8. The number of rotatable bonds is 3. The van der Waals surface area contributed by atoms with Gasteiger partial charge in [-0.3, -0.25) is 9.89 Å². The topological polar surface area (TPSA) is 54.1 Å². The molecule has 0 radical (unpaired) electrons. The van der Waals surface area contributed by atoms with Crippen molar-refractivity contribution in [1.29, 1.82) is 0 Å². The standard InChI is InChI=1S/C13H26N4O.HI/c1-12(16-7-9-18-10-8-16)11-15-13(14)17-5-3-2-4-6-17;/h12H,2-11H2,1H3,(H2,14,15);1H. The summed E-state index contributed by atoms with van der Waals surface area (Å²) in [6.07, 6.45) is 3.82. The molecule has 0 saturated carbocycles. The summed E-state index contributed by atoms with van der Waals surface area (Å²) in [6.45, 7) is 8.87. The largest absolute Gasteiger partial charge is 0.379 e. The molecular weight excluding hydrogens is 355 g/mol. The highest BCUT2D eigenvalue weighted by atomic mass is 127. The zero-order valence-electron chi connectivity index (χ0n) is 11.9. The van der Waals surface area contributed by atoms with Gasteiger partial charge in [-0.2, -0.15) is 0 Å². The van der Waals surface area contributed by atoms with E-state index in [-0.39, 0.29) is 24.0 Å². The Labute approximate surface area is 133 Å². The van der Waals surface area contributed by atoms with Crippen LogP contribution in [0.5, 0.6) is 0 Å². The maximum absolute atomic E-state index is 6.06. The van der Waals surface area contributed by atoms with Gasteiger partial charge in [0.1, 0.15) is 0 Å². The Morgan fingerprint density at radius 1 is 1.16 bits per heavy atom. The normalized spacial score (nSPS) is 23.8. The van der Waals surface area contributed by atoms with Gasteiger partial charge in [-0.1, -0.05) is 0 Å². The van der Waals surface area contributed by atoms with E-state index < -0.39 is 0 Å². The van der Waals surface area contributed by atoms with Gasteiger partial charge in [0.15, 0.2) is 5.96 Å². The average molecular weight is 382 g/mol. The summed E-state index contributed by atoms with van der Waals surface area (Å²) in [5.74, 6) is 0.731. The minimum atomic E-state index is 0. The van der Waals surface area contributed by atoms with Crippen LogP contribution in [0.4, 0.5) is 0 Å². The lowest BCUT2D eigenvalue weighted by molar-refractivity contribution is 0.0220. The maximum atomic E-state index is 6.06. The molecule has 2 N–H and O–H groups in total. The van der Waals surface area contributed by atoms with Gasteiger partial charge in [-0.25, -0.2) is 0 Å². The van der Waals surface area contributed by atoms with Crippen LogP contribution in [0.2, 0.25) is 0 Å². The van der Waals surface area contributed by atoms with Gasteiger partial charge in [-0.15, -0.1) is 24.0 Å². The fourth-order valence-corrected chi connectivity index (χ4v) is 2.58. The summed E-state index contributed by atoms with van der Waals surface area (Å²) in [5.41, 5.74) is 6.06. The Balaban J connectivity index is 0.00000180. The molecule has 0 bridgehead atoms. The summed E-state index contributed by atoms with van der Waals surface area (Å²) >= 11 is 0. The fourth-order valence-electron chi connectivity index (χ4n) is 2.58. The smallest absolute Gasteiger partial charge is 0.191 e. The highest BCUT2D eigenvalue weighted by Crippen LogP contribution is 2.08. The summed E-state index contributed by atoms with van der Waals surface area (Å²) in [4.78, 5) is 9.21. The number of aliphatic imine (C=N–C) groups is 1. The Morgan fingerprint density at radius 2 is 1.79 bits per heavy atom. The molecule has 0 aliphatic carbocycles. The van der Waals surface area contributed by atoms with E-state index >= 15 is 0 Å². The molecule has 2 saturated heterocycles. The van der Waals surface area contributed by atoms with Gasteiger partial charge in [0.25, 0.3) is 0 Å². The van der Waals surface area contributed by atoms with Crippen molar-refractivity contribution < 1.29 is 4.74 Å². The molecule has 1 atom stereocenters. The molecule has 2 aliphatic heterocycles. The molecule has 0 aromatic heterocycles. The lowest BCUT2D eigenvalue weighted by atomic mass is 10.1. The number of halogens is 1. The van der Waals surface area contributed by atoms with Crippen LogP contribution in [0.25, 0.3) is 0 Å². The van der Waals surface area contributed by atoms with Crippen LogP contribution in [0, 0.1) is 0 Å². The third-order valence-electron chi connectivity index (χ3n) is 3.87. The molecule has 2 fully saturated rings. The number of morpholine rings is 1. The van der Waals surface area contributed by atoms with Crippen molar-refractivity contribution in [2.24, 2.45) is 10.7 Å². The van der Waals surface area contributed by atoms with Gasteiger partial charge in [0, 0.05) is 32.2 Å². The van der Waals surface area contributed by atoms with Gasteiger partial charge >= 0.3 is 0 Å². The molecular formula is C13H27IN4O. The molecule has 0 aromatic rings. The molecule has 6 heteroatoms. The number of nitrogens with two attached hydrogens (primary N) is 1. The van der Waals surface area contributed by atoms with Crippen LogP contribution in [0.3, 0.4) is 0 Å². The fraction of sp³-hybridized carbons (Fsp3) is 0.923. The summed E-state index contributed by atoms with van der Waals surface area (Å²) < 4.78 is 5.36. The number of piperidine rings is 1. The molecule has 1 unspecified atom stereocenters. The van der Waals surface area contributed by atoms with E-state index in [1.165, 1.54) is 19.3 Å². The second kappa shape index (κ2) is 8.97. The predicted octanol–water partition coefficient (Wildman–Crippen LogP) is 1.13. The second-order valence-electron chi connectivity index (χ2n) is 5.24. The second-order valence-corrected chi connectivity index (χ2v) is 5.24. The highest BCUT2D eigenvalue weighted by molar-refractivity contribution is 14.0. The van der Waals surface area contributed by atoms with Crippen molar-refractivity contribution in [2.45, 2.75) is 32.2 Å². The molecule has 2 heterocycles. The summed E-state index contributed by atoms with van der Waals surface area (Å²) in [7, 11) is 0. The molecule has 0 amide bonds. The van der Waals surface area contributed by atoms with Crippen LogP contribution in [0.15, 0.2) is 4.99 Å². The van der Waals surface area contributed by atoms with Crippen molar-refractivity contribution >= 4 is 29.9 Å². The van der Waals surface area contributed by atoms with E-state index in [2.05, 4.69) is 21.7 Å². The van der Waals surface area contributed by atoms with E-state index in [9.17, 15) is 0 Å². The van der Waals surface area contributed by atoms with Crippen molar-refractivity contribution in [3.05, 3.63) is 0 Å². The van der Waals surface area contributed by atoms with Gasteiger partial charge < -0.3 is 15.4 Å². The molecule has 2 rings (SSSR count). The van der Waals surface area contributed by atoms with Gasteiger partial charge in [-0.05, 0) is 26.2 Å². The van der Waals surface area contributed by atoms with E-state index in [4.69, 9.17) is 10.5 Å². The molecule has 5 nitrogen and oxygen atoms in total. The minimum Gasteiger partial charge on any atom is -0.379 e. The lowest BCUT2D eigenvalue weighted by Gasteiger charge is -2.32. The number of guanidine groups is 1. The maximum Gasteiger partial charge on any atom is 0.191 e. The van der Waals surface area contributed by atoms with E-state index in [1.807, 2.05) is 0 Å². The predicted molar refractivity (Wildman–Crippen MR) is 89.2 cm³/mol. The number of ether oxygens (including phenoxy) is 1. The Kier molecular flexibility index (Phi) is 8.01. The Morgan fingerprint density at radius 3 is 2.42 bits per heavy atom. The van der Waals surface area contributed by atoms with Gasteiger partial charge in [0.05, 0.1) is 19.8 Å². The van der Waals surface area contributed by atoms with Crippen LogP contribution in [-0.2, 0) is 4.74 Å². The Bertz CT molecular complexity index is 276. The number of hydrogen-bond acceptors (Lipinski definition) is 3. The molecule has 2 aliphatic rings. The van der Waals surface area contributed by atoms with Crippen molar-refractivity contribution in [2.75, 3.05) is 45.9 Å². The lowest BCUT2D eigenvalue weighted by Crippen LogP contribution is -2.45. The van der Waals surface area contributed by atoms with E-state index in [0.29, 0.717) is 6.04 Å². The first kappa shape index (κ1) is 17.0. The quantitative estimate of drug-likeness (QED) is 0.452. The van der Waals surface area contributed by atoms with Crippen LogP contribution >= 0.6 is 24.0 Å². The van der Waals surface area contributed by atoms with Crippen LogP contribution < -0.4 is 5.73 Å². The van der Waals surface area contributed by atoms with Crippen LogP contribution in [0.1, 0.15) is 26.2 Å². The molecule has 19 heavy (non-hydrogen) atoms. The van der Waals surface area contributed by atoms with Crippen molar-refractivity contribution in [3.8, 4) is 0 Å². The Hall–Kier alpha value is -0.0800. The van der Waals surface area contributed by atoms with E-state index in [0.717, 1.165) is 51.9 Å². The van der Waals surface area contributed by atoms with Crippen molar-refractivity contribution in [1.82, 2.24) is 9.80 Å². The monoisotopic (exact) mass is 382 g/mol. The van der Waals surface area contributed by atoms with Gasteiger partial charge in [0.2, 0.25) is 0 Å². The number of hydrogen-bond donors (Lipinski definition) is 1. The first-order valence-electron chi connectivity index (χ1n) is 7.14. The minimum absolute atomic E-state index is 0. The first-order valence-corrected chi connectivity index (χ1v) is 7.14. The van der Waals surface area contributed by atoms with Crippen LogP contribution in [-0.4, -0.2) is 67.7 Å². The number of nitrogens with zero attached hydrogens (tertiary/aromatic N) is 3. The SMILES string of the molecule is CC(CN=C(N)N1CCCCC1)N1CCOCC1.I. The average Bonchev–Trinajstić information content (AvgIpc) is 2.46.